The molecular weight excluding hydrogens is 280 g/mol. The quantitative estimate of drug-likeness (QED) is 0.879. The standard InChI is InChI=1S/C17H26N2O3/c1-6-22-15-9-7-14(8-10-15)19(13(2)20)12-11-16(21)18-17(3,4)5/h7-10H,6,11-12H2,1-5H3,(H,18,21). The minimum Gasteiger partial charge on any atom is -0.494 e. The molecule has 0 aromatic heterocycles. The van der Waals surface area contributed by atoms with E-state index in [0.717, 1.165) is 11.4 Å². The summed E-state index contributed by atoms with van der Waals surface area (Å²) in [4.78, 5) is 25.3. The maximum Gasteiger partial charge on any atom is 0.223 e. The molecule has 0 unspecified atom stereocenters. The van der Waals surface area contributed by atoms with Gasteiger partial charge in [-0.25, -0.2) is 0 Å². The molecule has 0 fully saturated rings. The molecule has 122 valence electrons. The Labute approximate surface area is 132 Å². The van der Waals surface area contributed by atoms with E-state index in [1.54, 1.807) is 4.90 Å². The van der Waals surface area contributed by atoms with Crippen molar-refractivity contribution in [2.75, 3.05) is 18.1 Å². The predicted octanol–water partition coefficient (Wildman–Crippen LogP) is 2.74. The van der Waals surface area contributed by atoms with Crippen molar-refractivity contribution in [3.8, 4) is 5.75 Å². The highest BCUT2D eigenvalue weighted by Gasteiger charge is 2.17. The number of benzene rings is 1. The fourth-order valence-corrected chi connectivity index (χ4v) is 2.05. The number of hydrogen-bond acceptors (Lipinski definition) is 3. The largest absolute Gasteiger partial charge is 0.494 e. The summed E-state index contributed by atoms with van der Waals surface area (Å²) in [5.74, 6) is 0.609. The number of nitrogens with one attached hydrogen (secondary N) is 1. The summed E-state index contributed by atoms with van der Waals surface area (Å²) >= 11 is 0. The Morgan fingerprint density at radius 1 is 1.18 bits per heavy atom. The van der Waals surface area contributed by atoms with E-state index >= 15 is 0 Å². The van der Waals surface area contributed by atoms with E-state index in [9.17, 15) is 9.59 Å². The maximum atomic E-state index is 11.9. The van der Waals surface area contributed by atoms with Gasteiger partial charge in [-0.2, -0.15) is 0 Å². The Kier molecular flexibility index (Phi) is 6.40. The van der Waals surface area contributed by atoms with Crippen LogP contribution in [0.4, 0.5) is 5.69 Å². The van der Waals surface area contributed by atoms with Gasteiger partial charge in [-0.3, -0.25) is 9.59 Å². The van der Waals surface area contributed by atoms with Crippen LogP contribution in [0.2, 0.25) is 0 Å². The van der Waals surface area contributed by atoms with Gasteiger partial charge in [-0.05, 0) is 52.0 Å². The predicted molar refractivity (Wildman–Crippen MR) is 88.2 cm³/mol. The number of ether oxygens (including phenoxy) is 1. The average Bonchev–Trinajstić information content (AvgIpc) is 2.38. The van der Waals surface area contributed by atoms with Crippen molar-refractivity contribution in [3.63, 3.8) is 0 Å². The molecule has 1 aromatic carbocycles. The molecule has 5 nitrogen and oxygen atoms in total. The molecule has 5 heteroatoms. The van der Waals surface area contributed by atoms with Crippen LogP contribution in [0, 0.1) is 0 Å². The van der Waals surface area contributed by atoms with Crippen LogP contribution in [-0.4, -0.2) is 30.5 Å². The first-order valence-electron chi connectivity index (χ1n) is 7.55. The van der Waals surface area contributed by atoms with Crippen LogP contribution in [0.5, 0.6) is 5.75 Å². The summed E-state index contributed by atoms with van der Waals surface area (Å²) in [6, 6.07) is 7.30. The van der Waals surface area contributed by atoms with Crippen molar-refractivity contribution < 1.29 is 14.3 Å². The number of rotatable bonds is 6. The van der Waals surface area contributed by atoms with Gasteiger partial charge in [-0.15, -0.1) is 0 Å². The van der Waals surface area contributed by atoms with Crippen molar-refractivity contribution in [2.45, 2.75) is 46.6 Å². The Morgan fingerprint density at radius 2 is 1.77 bits per heavy atom. The summed E-state index contributed by atoms with van der Waals surface area (Å²) in [7, 11) is 0. The summed E-state index contributed by atoms with van der Waals surface area (Å²) < 4.78 is 5.39. The second-order valence-electron chi connectivity index (χ2n) is 6.15. The van der Waals surface area contributed by atoms with Gasteiger partial charge in [0.05, 0.1) is 6.61 Å². The maximum absolute atomic E-state index is 11.9. The molecule has 0 atom stereocenters. The normalized spacial score (nSPS) is 11.0. The molecule has 0 aliphatic rings. The highest BCUT2D eigenvalue weighted by Crippen LogP contribution is 2.20. The molecule has 0 radical (unpaired) electrons. The molecule has 22 heavy (non-hydrogen) atoms. The van der Waals surface area contributed by atoms with Crippen LogP contribution in [0.25, 0.3) is 0 Å². The minimum absolute atomic E-state index is 0.0651. The second kappa shape index (κ2) is 7.82. The van der Waals surface area contributed by atoms with Crippen LogP contribution in [-0.2, 0) is 9.59 Å². The van der Waals surface area contributed by atoms with E-state index in [1.165, 1.54) is 6.92 Å². The summed E-state index contributed by atoms with van der Waals surface area (Å²) in [6.07, 6.45) is 0.268. The first kappa shape index (κ1) is 18.0. The first-order valence-corrected chi connectivity index (χ1v) is 7.55. The molecule has 0 aliphatic heterocycles. The van der Waals surface area contributed by atoms with Crippen LogP contribution >= 0.6 is 0 Å². The van der Waals surface area contributed by atoms with E-state index < -0.39 is 0 Å². The lowest BCUT2D eigenvalue weighted by Crippen LogP contribution is -2.42. The Bertz CT molecular complexity index is 504. The van der Waals surface area contributed by atoms with E-state index in [4.69, 9.17) is 4.74 Å². The van der Waals surface area contributed by atoms with E-state index in [0.29, 0.717) is 13.2 Å². The summed E-state index contributed by atoms with van der Waals surface area (Å²) in [5.41, 5.74) is 0.497. The van der Waals surface area contributed by atoms with Gasteiger partial charge in [0.25, 0.3) is 0 Å². The SMILES string of the molecule is CCOc1ccc(N(CCC(=O)NC(C)(C)C)C(C)=O)cc1. The van der Waals surface area contributed by atoms with Crippen molar-refractivity contribution in [1.29, 1.82) is 0 Å². The molecule has 2 amide bonds. The molecule has 1 aromatic rings. The topological polar surface area (TPSA) is 58.6 Å². The zero-order valence-corrected chi connectivity index (χ0v) is 14.1. The number of anilines is 1. The summed E-state index contributed by atoms with van der Waals surface area (Å²) in [5, 5.41) is 2.89. The van der Waals surface area contributed by atoms with Crippen molar-refractivity contribution in [3.05, 3.63) is 24.3 Å². The third-order valence-electron chi connectivity index (χ3n) is 2.92. The third kappa shape index (κ3) is 6.16. The number of hydrogen-bond donors (Lipinski definition) is 1. The molecule has 0 saturated heterocycles. The Morgan fingerprint density at radius 3 is 2.23 bits per heavy atom. The third-order valence-corrected chi connectivity index (χ3v) is 2.92. The van der Waals surface area contributed by atoms with E-state index in [1.807, 2.05) is 52.0 Å². The monoisotopic (exact) mass is 306 g/mol. The minimum atomic E-state index is -0.267. The first-order chi connectivity index (χ1) is 10.2. The van der Waals surface area contributed by atoms with E-state index in [2.05, 4.69) is 5.32 Å². The number of nitrogens with zero attached hydrogens (tertiary/aromatic N) is 1. The van der Waals surface area contributed by atoms with Crippen LogP contribution < -0.4 is 15.0 Å². The number of carbonyl (C=O) groups is 2. The zero-order valence-electron chi connectivity index (χ0n) is 14.1. The van der Waals surface area contributed by atoms with Gasteiger partial charge in [0, 0.05) is 31.1 Å². The molecule has 0 spiro atoms. The lowest BCUT2D eigenvalue weighted by atomic mass is 10.1. The average molecular weight is 306 g/mol. The molecular formula is C17H26N2O3. The van der Waals surface area contributed by atoms with Crippen molar-refractivity contribution >= 4 is 17.5 Å². The van der Waals surface area contributed by atoms with Crippen molar-refractivity contribution in [2.24, 2.45) is 0 Å². The highest BCUT2D eigenvalue weighted by molar-refractivity contribution is 5.92. The van der Waals surface area contributed by atoms with Crippen LogP contribution in [0.1, 0.15) is 41.0 Å². The van der Waals surface area contributed by atoms with Crippen LogP contribution in [0.15, 0.2) is 24.3 Å². The highest BCUT2D eigenvalue weighted by atomic mass is 16.5. The van der Waals surface area contributed by atoms with Gasteiger partial charge in [0.1, 0.15) is 5.75 Å². The molecule has 0 heterocycles. The Hall–Kier alpha value is -2.04. The fraction of sp³-hybridized carbons (Fsp3) is 0.529. The van der Waals surface area contributed by atoms with Gasteiger partial charge in [0.2, 0.25) is 11.8 Å². The number of carbonyl (C=O) groups excluding carboxylic acids is 2. The van der Waals surface area contributed by atoms with Crippen LogP contribution in [0.3, 0.4) is 0 Å². The zero-order chi connectivity index (χ0) is 16.8. The molecule has 0 aliphatic carbocycles. The smallest absolute Gasteiger partial charge is 0.223 e. The fourth-order valence-electron chi connectivity index (χ4n) is 2.05. The molecule has 1 rings (SSSR count). The molecule has 1 N–H and O–H groups in total. The van der Waals surface area contributed by atoms with Crippen molar-refractivity contribution in [1.82, 2.24) is 5.32 Å². The van der Waals surface area contributed by atoms with E-state index in [-0.39, 0.29) is 23.8 Å². The van der Waals surface area contributed by atoms with Gasteiger partial charge in [0.15, 0.2) is 0 Å². The Balaban J connectivity index is 2.69. The van der Waals surface area contributed by atoms with Gasteiger partial charge in [-0.1, -0.05) is 0 Å². The number of amides is 2. The van der Waals surface area contributed by atoms with Gasteiger partial charge < -0.3 is 15.0 Å². The summed E-state index contributed by atoms with van der Waals surface area (Å²) in [6.45, 7) is 10.2. The lowest BCUT2D eigenvalue weighted by molar-refractivity contribution is -0.122. The van der Waals surface area contributed by atoms with Gasteiger partial charge >= 0.3 is 0 Å². The molecule has 0 saturated carbocycles. The lowest BCUT2D eigenvalue weighted by Gasteiger charge is -2.24. The second-order valence-corrected chi connectivity index (χ2v) is 6.15. The molecule has 0 bridgehead atoms.